The van der Waals surface area contributed by atoms with Gasteiger partial charge in [0.05, 0.1) is 12.2 Å². The van der Waals surface area contributed by atoms with E-state index in [1.165, 1.54) is 0 Å². The van der Waals surface area contributed by atoms with Crippen molar-refractivity contribution in [3.63, 3.8) is 0 Å². The smallest absolute Gasteiger partial charge is 0.298 e. The van der Waals surface area contributed by atoms with Crippen LogP contribution in [0.15, 0.2) is 53.0 Å². The molecular weight excluding hydrogens is 352 g/mol. The van der Waals surface area contributed by atoms with E-state index in [2.05, 4.69) is 15.9 Å². The number of ether oxygens (including phenoxy) is 1. The normalized spacial score (nSPS) is 16.3. The van der Waals surface area contributed by atoms with Crippen LogP contribution in [0.2, 0.25) is 0 Å². The van der Waals surface area contributed by atoms with Crippen LogP contribution in [-0.4, -0.2) is 17.1 Å². The molecule has 0 radical (unpaired) electrons. The molecule has 1 aliphatic heterocycles. The molecule has 4 rings (SSSR count). The molecule has 1 aromatic heterocycles. The summed E-state index contributed by atoms with van der Waals surface area (Å²) in [4.78, 5) is 0. The van der Waals surface area contributed by atoms with Crippen LogP contribution in [0.1, 0.15) is 0 Å². The lowest BCUT2D eigenvalue weighted by atomic mass is 10.1. The van der Waals surface area contributed by atoms with Crippen LogP contribution in [0.25, 0.3) is 22.2 Å². The van der Waals surface area contributed by atoms with Crippen molar-refractivity contribution in [3.05, 3.63) is 53.0 Å². The molecule has 22 heavy (non-hydrogen) atoms. The third kappa shape index (κ3) is 2.20. The fraction of sp³-hybridized carbons (Fsp3) is 0.176. The van der Waals surface area contributed by atoms with Crippen molar-refractivity contribution in [1.29, 1.82) is 0 Å². The van der Waals surface area contributed by atoms with Crippen molar-refractivity contribution in [2.75, 3.05) is 6.61 Å². The number of hydrogen-bond acceptors (Lipinski definition) is 1. The van der Waals surface area contributed by atoms with Gasteiger partial charge in [-0.3, -0.25) is 0 Å². The predicted octanol–water partition coefficient (Wildman–Crippen LogP) is 5.10. The quantitative estimate of drug-likeness (QED) is 0.542. The van der Waals surface area contributed by atoms with Crippen LogP contribution in [0.3, 0.4) is 0 Å². The van der Waals surface area contributed by atoms with Crippen molar-refractivity contribution < 1.29 is 13.5 Å². The standard InChI is InChI=1S/C17H12BrF2NO/c18-12-5-6-16-13(8-12)15-7-11-3-1-2-4-14(11)21(15)9-17(19,20)10-22-16/h1-8H,9-10H2. The Kier molecular flexibility index (Phi) is 3.01. The van der Waals surface area contributed by atoms with Gasteiger partial charge < -0.3 is 9.30 Å². The van der Waals surface area contributed by atoms with Crippen LogP contribution in [0.4, 0.5) is 8.78 Å². The maximum Gasteiger partial charge on any atom is 0.298 e. The van der Waals surface area contributed by atoms with Crippen LogP contribution in [0, 0.1) is 0 Å². The minimum atomic E-state index is -2.92. The number of benzene rings is 2. The summed E-state index contributed by atoms with van der Waals surface area (Å²) >= 11 is 3.44. The Bertz CT molecular complexity index is 872. The van der Waals surface area contributed by atoms with Crippen molar-refractivity contribution in [2.45, 2.75) is 12.5 Å². The molecule has 0 saturated carbocycles. The fourth-order valence-corrected chi connectivity index (χ4v) is 3.25. The van der Waals surface area contributed by atoms with Crippen LogP contribution >= 0.6 is 15.9 Å². The molecule has 0 fully saturated rings. The molecule has 112 valence electrons. The van der Waals surface area contributed by atoms with E-state index in [-0.39, 0.29) is 6.54 Å². The molecule has 2 aromatic carbocycles. The number of nitrogens with zero attached hydrogens (tertiary/aromatic N) is 1. The van der Waals surface area contributed by atoms with Gasteiger partial charge in [-0.15, -0.1) is 0 Å². The second-order valence-corrected chi connectivity index (χ2v) is 6.38. The molecular formula is C17H12BrF2NO. The van der Waals surface area contributed by atoms with Crippen LogP contribution in [-0.2, 0) is 6.54 Å². The molecule has 1 aliphatic rings. The van der Waals surface area contributed by atoms with Gasteiger partial charge in [-0.25, -0.2) is 8.78 Å². The lowest BCUT2D eigenvalue weighted by Crippen LogP contribution is -2.32. The first-order valence-corrected chi connectivity index (χ1v) is 7.72. The number of alkyl halides is 2. The number of rotatable bonds is 0. The van der Waals surface area contributed by atoms with E-state index in [9.17, 15) is 8.78 Å². The highest BCUT2D eigenvalue weighted by Gasteiger charge is 2.34. The maximum absolute atomic E-state index is 14.1. The number of fused-ring (bicyclic) bond motifs is 5. The average molecular weight is 364 g/mol. The highest BCUT2D eigenvalue weighted by molar-refractivity contribution is 9.10. The minimum absolute atomic E-state index is 0.387. The topological polar surface area (TPSA) is 14.2 Å². The first kappa shape index (κ1) is 13.8. The lowest BCUT2D eigenvalue weighted by Gasteiger charge is -2.25. The molecule has 0 spiro atoms. The SMILES string of the molecule is FC1(F)COc2ccc(Br)cc2-c2cc3ccccc3n2C1. The van der Waals surface area contributed by atoms with Gasteiger partial charge in [0, 0.05) is 20.9 Å². The second-order valence-electron chi connectivity index (χ2n) is 5.46. The summed E-state index contributed by atoms with van der Waals surface area (Å²) in [5.74, 6) is -2.44. The number of para-hydroxylation sites is 1. The van der Waals surface area contributed by atoms with Gasteiger partial charge in [0.2, 0.25) is 0 Å². The molecule has 3 aromatic rings. The Morgan fingerprint density at radius 2 is 1.91 bits per heavy atom. The third-order valence-corrected chi connectivity index (χ3v) is 4.35. The number of halogens is 3. The zero-order valence-electron chi connectivity index (χ0n) is 11.5. The molecule has 0 amide bonds. The van der Waals surface area contributed by atoms with E-state index in [0.29, 0.717) is 5.75 Å². The van der Waals surface area contributed by atoms with Crippen molar-refractivity contribution in [2.24, 2.45) is 0 Å². The average Bonchev–Trinajstić information content (AvgIpc) is 2.83. The zero-order chi connectivity index (χ0) is 15.3. The predicted molar refractivity (Wildman–Crippen MR) is 85.5 cm³/mol. The van der Waals surface area contributed by atoms with Crippen molar-refractivity contribution >= 4 is 26.8 Å². The molecule has 2 nitrogen and oxygen atoms in total. The molecule has 0 aliphatic carbocycles. The Morgan fingerprint density at radius 1 is 1.09 bits per heavy atom. The Hall–Kier alpha value is -1.88. The van der Waals surface area contributed by atoms with E-state index < -0.39 is 12.5 Å². The first-order valence-electron chi connectivity index (χ1n) is 6.92. The molecule has 2 heterocycles. The molecule has 0 unspecified atom stereocenters. The van der Waals surface area contributed by atoms with Gasteiger partial charge in [0.15, 0.2) is 6.61 Å². The van der Waals surface area contributed by atoms with Crippen LogP contribution in [0.5, 0.6) is 5.75 Å². The highest BCUT2D eigenvalue weighted by Crippen LogP contribution is 2.39. The summed E-state index contributed by atoms with van der Waals surface area (Å²) in [5.41, 5.74) is 2.38. The fourth-order valence-electron chi connectivity index (χ4n) is 2.89. The van der Waals surface area contributed by atoms with E-state index >= 15 is 0 Å². The van der Waals surface area contributed by atoms with Crippen molar-refractivity contribution in [3.8, 4) is 17.0 Å². The molecule has 5 heteroatoms. The monoisotopic (exact) mass is 363 g/mol. The Morgan fingerprint density at radius 3 is 2.77 bits per heavy atom. The minimum Gasteiger partial charge on any atom is -0.487 e. The summed E-state index contributed by atoms with van der Waals surface area (Å²) in [6.45, 7) is -1.00. The van der Waals surface area contributed by atoms with Gasteiger partial charge in [-0.2, -0.15) is 0 Å². The van der Waals surface area contributed by atoms with E-state index in [1.807, 2.05) is 36.4 Å². The molecule has 0 saturated heterocycles. The summed E-state index contributed by atoms with van der Waals surface area (Å²) < 4.78 is 36.2. The number of hydrogen-bond donors (Lipinski definition) is 0. The molecule has 0 bridgehead atoms. The molecule has 0 atom stereocenters. The highest BCUT2D eigenvalue weighted by atomic mass is 79.9. The van der Waals surface area contributed by atoms with E-state index in [4.69, 9.17) is 4.74 Å². The Balaban J connectivity index is 2.06. The van der Waals surface area contributed by atoms with E-state index in [1.54, 1.807) is 16.7 Å². The summed E-state index contributed by atoms with van der Waals surface area (Å²) in [5, 5.41) is 0.945. The van der Waals surface area contributed by atoms with Gasteiger partial charge >= 0.3 is 0 Å². The molecule has 0 N–H and O–H groups in total. The summed E-state index contributed by atoms with van der Waals surface area (Å²) in [6.07, 6.45) is 0. The maximum atomic E-state index is 14.1. The van der Waals surface area contributed by atoms with Gasteiger partial charge in [0.25, 0.3) is 5.92 Å². The van der Waals surface area contributed by atoms with Gasteiger partial charge in [-0.05, 0) is 30.3 Å². The van der Waals surface area contributed by atoms with Crippen molar-refractivity contribution in [1.82, 2.24) is 4.57 Å². The zero-order valence-corrected chi connectivity index (χ0v) is 13.1. The second kappa shape index (κ2) is 4.81. The van der Waals surface area contributed by atoms with E-state index in [0.717, 1.165) is 26.6 Å². The van der Waals surface area contributed by atoms with Gasteiger partial charge in [-0.1, -0.05) is 34.1 Å². The Labute approximate surface area is 134 Å². The first-order chi connectivity index (χ1) is 10.5. The van der Waals surface area contributed by atoms with Gasteiger partial charge in [0.1, 0.15) is 5.75 Å². The number of aromatic nitrogens is 1. The lowest BCUT2D eigenvalue weighted by molar-refractivity contribution is -0.0545. The summed E-state index contributed by atoms with van der Waals surface area (Å²) in [6, 6.07) is 14.9. The summed E-state index contributed by atoms with van der Waals surface area (Å²) in [7, 11) is 0. The third-order valence-electron chi connectivity index (χ3n) is 3.86. The largest absolute Gasteiger partial charge is 0.487 e. The van der Waals surface area contributed by atoms with Crippen LogP contribution < -0.4 is 4.74 Å².